The van der Waals surface area contributed by atoms with Gasteiger partial charge in [0, 0.05) is 13.0 Å². The van der Waals surface area contributed by atoms with Crippen molar-refractivity contribution in [3.8, 4) is 0 Å². The second-order valence-electron chi connectivity index (χ2n) is 4.18. The second-order valence-corrected chi connectivity index (χ2v) is 4.18. The van der Waals surface area contributed by atoms with Gasteiger partial charge < -0.3 is 10.4 Å². The molecule has 1 aromatic rings. The molecule has 1 aliphatic rings. The average Bonchev–Trinajstić information content (AvgIpc) is 2.70. The minimum atomic E-state index is 0.0377. The summed E-state index contributed by atoms with van der Waals surface area (Å²) in [6, 6.07) is 8.42. The van der Waals surface area contributed by atoms with E-state index in [0.29, 0.717) is 12.8 Å². The highest BCUT2D eigenvalue weighted by molar-refractivity contribution is 5.76. The Balaban J connectivity index is 1.95. The van der Waals surface area contributed by atoms with Gasteiger partial charge in [0.15, 0.2) is 0 Å². The van der Waals surface area contributed by atoms with E-state index in [2.05, 4.69) is 17.4 Å². The van der Waals surface area contributed by atoms with Crippen molar-refractivity contribution in [2.24, 2.45) is 0 Å². The van der Waals surface area contributed by atoms with E-state index in [0.717, 1.165) is 12.8 Å². The van der Waals surface area contributed by atoms with Crippen LogP contribution >= 0.6 is 0 Å². The standard InChI is InChI=1S/C13H17NO2/c15-9-3-6-13(16)14-12-8-7-10-4-1-2-5-11(10)12/h1-2,4-5,12,15H,3,6-9H2,(H,14,16). The highest BCUT2D eigenvalue weighted by Crippen LogP contribution is 2.30. The number of carbonyl (C=O) groups excluding carboxylic acids is 1. The Bertz CT molecular complexity index is 376. The molecule has 1 unspecified atom stereocenters. The number of carbonyl (C=O) groups is 1. The van der Waals surface area contributed by atoms with Crippen molar-refractivity contribution in [1.29, 1.82) is 0 Å². The number of aliphatic hydroxyl groups excluding tert-OH is 1. The quantitative estimate of drug-likeness (QED) is 0.807. The summed E-state index contributed by atoms with van der Waals surface area (Å²) in [6.45, 7) is 0.0780. The first-order chi connectivity index (χ1) is 7.81. The van der Waals surface area contributed by atoms with Gasteiger partial charge in [0.2, 0.25) is 5.91 Å². The van der Waals surface area contributed by atoms with Crippen molar-refractivity contribution in [3.05, 3.63) is 35.4 Å². The van der Waals surface area contributed by atoms with Gasteiger partial charge in [-0.25, -0.2) is 0 Å². The molecule has 1 aromatic carbocycles. The molecule has 2 rings (SSSR count). The first kappa shape index (κ1) is 11.1. The molecule has 0 saturated carbocycles. The highest BCUT2D eigenvalue weighted by Gasteiger charge is 2.22. The molecule has 0 bridgehead atoms. The number of hydrogen-bond donors (Lipinski definition) is 2. The van der Waals surface area contributed by atoms with Crippen molar-refractivity contribution < 1.29 is 9.90 Å². The van der Waals surface area contributed by atoms with Crippen LogP contribution in [0.1, 0.15) is 36.4 Å². The number of nitrogens with one attached hydrogen (secondary N) is 1. The van der Waals surface area contributed by atoms with E-state index in [1.165, 1.54) is 11.1 Å². The predicted molar refractivity (Wildman–Crippen MR) is 62.0 cm³/mol. The molecule has 3 heteroatoms. The van der Waals surface area contributed by atoms with Crippen LogP contribution in [0.3, 0.4) is 0 Å². The van der Waals surface area contributed by atoms with E-state index in [-0.39, 0.29) is 18.6 Å². The number of hydrogen-bond acceptors (Lipinski definition) is 2. The summed E-state index contributed by atoms with van der Waals surface area (Å²) >= 11 is 0. The minimum absolute atomic E-state index is 0.0377. The first-order valence-electron chi connectivity index (χ1n) is 5.79. The summed E-state index contributed by atoms with van der Waals surface area (Å²) in [4.78, 5) is 11.5. The molecule has 0 aromatic heterocycles. The topological polar surface area (TPSA) is 49.3 Å². The van der Waals surface area contributed by atoms with Gasteiger partial charge in [0.05, 0.1) is 6.04 Å². The Morgan fingerprint density at radius 3 is 3.06 bits per heavy atom. The molecule has 0 heterocycles. The number of aliphatic hydroxyl groups is 1. The summed E-state index contributed by atoms with van der Waals surface area (Å²) in [6.07, 6.45) is 2.99. The van der Waals surface area contributed by atoms with Crippen LogP contribution in [-0.2, 0) is 11.2 Å². The van der Waals surface area contributed by atoms with Crippen molar-refractivity contribution >= 4 is 5.91 Å². The fraction of sp³-hybridized carbons (Fsp3) is 0.462. The maximum absolute atomic E-state index is 11.5. The Hall–Kier alpha value is -1.35. The van der Waals surface area contributed by atoms with Crippen molar-refractivity contribution in [2.45, 2.75) is 31.7 Å². The van der Waals surface area contributed by atoms with E-state index in [1.807, 2.05) is 12.1 Å². The number of amides is 1. The van der Waals surface area contributed by atoms with Gasteiger partial charge in [-0.1, -0.05) is 24.3 Å². The molecule has 3 nitrogen and oxygen atoms in total. The van der Waals surface area contributed by atoms with Gasteiger partial charge in [-0.2, -0.15) is 0 Å². The molecule has 0 aliphatic heterocycles. The molecular weight excluding hydrogens is 202 g/mol. The summed E-state index contributed by atoms with van der Waals surface area (Å²) in [5, 5.41) is 11.7. The molecule has 86 valence electrons. The van der Waals surface area contributed by atoms with E-state index in [4.69, 9.17) is 5.11 Å². The number of fused-ring (bicyclic) bond motifs is 1. The minimum Gasteiger partial charge on any atom is -0.396 e. The lowest BCUT2D eigenvalue weighted by atomic mass is 10.1. The summed E-state index contributed by atoms with van der Waals surface area (Å²) in [5.41, 5.74) is 2.59. The fourth-order valence-corrected chi connectivity index (χ4v) is 2.21. The zero-order valence-corrected chi connectivity index (χ0v) is 9.28. The van der Waals surface area contributed by atoms with E-state index in [1.54, 1.807) is 0 Å². The molecule has 0 radical (unpaired) electrons. The van der Waals surface area contributed by atoms with Crippen LogP contribution in [0, 0.1) is 0 Å². The van der Waals surface area contributed by atoms with Crippen molar-refractivity contribution in [1.82, 2.24) is 5.32 Å². The smallest absolute Gasteiger partial charge is 0.220 e. The predicted octanol–water partition coefficient (Wildman–Crippen LogP) is 1.56. The zero-order valence-electron chi connectivity index (χ0n) is 9.28. The van der Waals surface area contributed by atoms with Crippen molar-refractivity contribution in [3.63, 3.8) is 0 Å². The van der Waals surface area contributed by atoms with Crippen LogP contribution in [0.5, 0.6) is 0 Å². The molecule has 1 aliphatic carbocycles. The largest absolute Gasteiger partial charge is 0.396 e. The number of benzene rings is 1. The lowest BCUT2D eigenvalue weighted by molar-refractivity contribution is -0.122. The van der Waals surface area contributed by atoms with Crippen LogP contribution in [0.25, 0.3) is 0 Å². The van der Waals surface area contributed by atoms with Gasteiger partial charge in [0.25, 0.3) is 0 Å². The lowest BCUT2D eigenvalue weighted by Crippen LogP contribution is -2.26. The van der Waals surface area contributed by atoms with Crippen LogP contribution in [0.4, 0.5) is 0 Å². The molecule has 1 atom stereocenters. The van der Waals surface area contributed by atoms with Gasteiger partial charge in [-0.15, -0.1) is 0 Å². The third kappa shape index (κ3) is 2.42. The van der Waals surface area contributed by atoms with Crippen molar-refractivity contribution in [2.75, 3.05) is 6.61 Å². The molecule has 0 fully saturated rings. The first-order valence-corrected chi connectivity index (χ1v) is 5.79. The van der Waals surface area contributed by atoms with Gasteiger partial charge >= 0.3 is 0 Å². The highest BCUT2D eigenvalue weighted by atomic mass is 16.3. The van der Waals surface area contributed by atoms with Crippen LogP contribution in [0.15, 0.2) is 24.3 Å². The van der Waals surface area contributed by atoms with Gasteiger partial charge in [-0.3, -0.25) is 4.79 Å². The second kappa shape index (κ2) is 5.12. The van der Waals surface area contributed by atoms with E-state index < -0.39 is 0 Å². The van der Waals surface area contributed by atoms with Gasteiger partial charge in [-0.05, 0) is 30.4 Å². The molecule has 0 spiro atoms. The van der Waals surface area contributed by atoms with Crippen LogP contribution in [-0.4, -0.2) is 17.6 Å². The lowest BCUT2D eigenvalue weighted by Gasteiger charge is -2.13. The van der Waals surface area contributed by atoms with E-state index >= 15 is 0 Å². The normalized spacial score (nSPS) is 18.2. The van der Waals surface area contributed by atoms with Gasteiger partial charge in [0.1, 0.15) is 0 Å². The van der Waals surface area contributed by atoms with Crippen LogP contribution < -0.4 is 5.32 Å². The SMILES string of the molecule is O=C(CCCO)NC1CCc2ccccc21. The fourth-order valence-electron chi connectivity index (χ4n) is 2.21. The monoisotopic (exact) mass is 219 g/mol. The zero-order chi connectivity index (χ0) is 11.4. The maximum Gasteiger partial charge on any atom is 0.220 e. The molecular formula is C13H17NO2. The molecule has 0 saturated heterocycles. The Morgan fingerprint density at radius 1 is 1.44 bits per heavy atom. The molecule has 16 heavy (non-hydrogen) atoms. The molecule has 1 amide bonds. The molecule has 2 N–H and O–H groups in total. The Labute approximate surface area is 95.5 Å². The third-order valence-corrected chi connectivity index (χ3v) is 3.03. The Morgan fingerprint density at radius 2 is 2.25 bits per heavy atom. The summed E-state index contributed by atoms with van der Waals surface area (Å²) < 4.78 is 0. The number of rotatable bonds is 4. The summed E-state index contributed by atoms with van der Waals surface area (Å²) in [5.74, 6) is 0.0377. The summed E-state index contributed by atoms with van der Waals surface area (Å²) in [7, 11) is 0. The maximum atomic E-state index is 11.5. The van der Waals surface area contributed by atoms with E-state index in [9.17, 15) is 4.79 Å². The Kier molecular flexibility index (Phi) is 3.57. The van der Waals surface area contributed by atoms with Crippen LogP contribution in [0.2, 0.25) is 0 Å². The average molecular weight is 219 g/mol. The number of aryl methyl sites for hydroxylation is 1. The third-order valence-electron chi connectivity index (χ3n) is 3.03.